The van der Waals surface area contributed by atoms with Gasteiger partial charge in [0.2, 0.25) is 12.7 Å². The Morgan fingerprint density at radius 2 is 1.92 bits per heavy atom. The number of halogens is 3. The zero-order valence-electron chi connectivity index (χ0n) is 12.9. The Morgan fingerprint density at radius 3 is 2.72 bits per heavy atom. The highest BCUT2D eigenvalue weighted by atomic mass is 32.2. The maximum absolute atomic E-state index is 12.7. The molecule has 2 aromatic carbocycles. The fraction of sp³-hybridized carbons (Fsp3) is 0.235. The van der Waals surface area contributed by atoms with E-state index in [9.17, 15) is 18.0 Å². The van der Waals surface area contributed by atoms with E-state index in [-0.39, 0.29) is 24.1 Å². The average molecular weight is 369 g/mol. The summed E-state index contributed by atoms with van der Waals surface area (Å²) in [4.78, 5) is 11.9. The molecule has 2 aromatic rings. The van der Waals surface area contributed by atoms with Gasteiger partial charge < -0.3 is 14.8 Å². The van der Waals surface area contributed by atoms with Crippen molar-refractivity contribution in [1.82, 2.24) is 0 Å². The Kier molecular flexibility index (Phi) is 5.08. The summed E-state index contributed by atoms with van der Waals surface area (Å²) in [5.74, 6) is 1.71. The zero-order valence-corrected chi connectivity index (χ0v) is 13.7. The van der Waals surface area contributed by atoms with E-state index in [4.69, 9.17) is 9.47 Å². The third kappa shape index (κ3) is 4.60. The Hall–Kier alpha value is -2.35. The number of rotatable bonds is 5. The first kappa shape index (κ1) is 17.5. The van der Waals surface area contributed by atoms with Crippen LogP contribution in [0.2, 0.25) is 0 Å². The first-order chi connectivity index (χ1) is 11.9. The second-order valence-electron chi connectivity index (χ2n) is 5.31. The molecule has 1 N–H and O–H groups in total. The molecule has 1 aliphatic rings. The van der Waals surface area contributed by atoms with Crippen LogP contribution >= 0.6 is 11.8 Å². The van der Waals surface area contributed by atoms with Crippen LogP contribution in [0.3, 0.4) is 0 Å². The van der Waals surface area contributed by atoms with Crippen molar-refractivity contribution >= 4 is 23.4 Å². The highest BCUT2D eigenvalue weighted by Gasteiger charge is 2.30. The number of carbonyl (C=O) groups is 1. The maximum Gasteiger partial charge on any atom is 0.416 e. The lowest BCUT2D eigenvalue weighted by Gasteiger charge is -2.10. The summed E-state index contributed by atoms with van der Waals surface area (Å²) in [7, 11) is 0. The predicted octanol–water partition coefficient (Wildman–Crippen LogP) is 4.31. The number of thioether (sulfide) groups is 1. The fourth-order valence-electron chi connectivity index (χ4n) is 2.26. The summed E-state index contributed by atoms with van der Waals surface area (Å²) in [6.45, 7) is 0.200. The molecule has 4 nitrogen and oxygen atoms in total. The van der Waals surface area contributed by atoms with Crippen molar-refractivity contribution in [3.8, 4) is 11.5 Å². The molecular formula is C17H14F3NO3S. The minimum absolute atomic E-state index is 0.128. The Morgan fingerprint density at radius 1 is 1.12 bits per heavy atom. The molecule has 1 heterocycles. The third-order valence-electron chi connectivity index (χ3n) is 3.41. The monoisotopic (exact) mass is 369 g/mol. The number of ether oxygens (including phenoxy) is 2. The SMILES string of the molecule is O=C(CSCc1ccc2c(c1)OCO2)Nc1cccc(C(F)(F)F)c1. The number of hydrogen-bond acceptors (Lipinski definition) is 4. The van der Waals surface area contributed by atoms with Gasteiger partial charge in [0, 0.05) is 11.4 Å². The Bertz CT molecular complexity index is 780. The van der Waals surface area contributed by atoms with Crippen LogP contribution in [0.25, 0.3) is 0 Å². The number of anilines is 1. The van der Waals surface area contributed by atoms with Gasteiger partial charge in [0.15, 0.2) is 11.5 Å². The molecule has 0 unspecified atom stereocenters. The number of hydrogen-bond donors (Lipinski definition) is 1. The summed E-state index contributed by atoms with van der Waals surface area (Å²) < 4.78 is 48.5. The van der Waals surface area contributed by atoms with E-state index in [1.54, 1.807) is 6.07 Å². The minimum atomic E-state index is -4.44. The molecule has 0 bridgehead atoms. The molecule has 0 saturated carbocycles. The number of carbonyl (C=O) groups excluding carboxylic acids is 1. The Labute approximate surface area is 146 Å². The number of alkyl halides is 3. The van der Waals surface area contributed by atoms with Gasteiger partial charge in [-0.05, 0) is 35.9 Å². The smallest absolute Gasteiger partial charge is 0.416 e. The quantitative estimate of drug-likeness (QED) is 0.853. The van der Waals surface area contributed by atoms with Gasteiger partial charge in [-0.1, -0.05) is 12.1 Å². The maximum atomic E-state index is 12.7. The number of amides is 1. The summed E-state index contributed by atoms with van der Waals surface area (Å²) in [5, 5.41) is 2.48. The predicted molar refractivity (Wildman–Crippen MR) is 88.8 cm³/mol. The topological polar surface area (TPSA) is 47.6 Å². The van der Waals surface area contributed by atoms with Gasteiger partial charge in [0.1, 0.15) is 0 Å². The molecular weight excluding hydrogens is 355 g/mol. The molecule has 0 fully saturated rings. The van der Waals surface area contributed by atoms with Crippen LogP contribution in [-0.2, 0) is 16.7 Å². The first-order valence-corrected chi connectivity index (χ1v) is 8.51. The molecule has 0 radical (unpaired) electrons. The van der Waals surface area contributed by atoms with Crippen molar-refractivity contribution in [2.24, 2.45) is 0 Å². The van der Waals surface area contributed by atoms with E-state index in [2.05, 4.69) is 5.32 Å². The van der Waals surface area contributed by atoms with Crippen LogP contribution in [0.4, 0.5) is 18.9 Å². The molecule has 3 rings (SSSR count). The van der Waals surface area contributed by atoms with Gasteiger partial charge in [-0.25, -0.2) is 0 Å². The molecule has 0 aromatic heterocycles. The van der Waals surface area contributed by atoms with Crippen molar-refractivity contribution in [3.05, 3.63) is 53.6 Å². The van der Waals surface area contributed by atoms with E-state index in [0.717, 1.165) is 17.7 Å². The van der Waals surface area contributed by atoms with Crippen molar-refractivity contribution in [2.45, 2.75) is 11.9 Å². The van der Waals surface area contributed by atoms with Crippen LogP contribution < -0.4 is 14.8 Å². The van der Waals surface area contributed by atoms with E-state index in [0.29, 0.717) is 17.3 Å². The number of benzene rings is 2. The van der Waals surface area contributed by atoms with Crippen molar-refractivity contribution < 1.29 is 27.4 Å². The van der Waals surface area contributed by atoms with Gasteiger partial charge in [0.25, 0.3) is 0 Å². The Balaban J connectivity index is 1.50. The number of nitrogens with one attached hydrogen (secondary N) is 1. The minimum Gasteiger partial charge on any atom is -0.454 e. The average Bonchev–Trinajstić information content (AvgIpc) is 3.02. The zero-order chi connectivity index (χ0) is 17.9. The number of fused-ring (bicyclic) bond motifs is 1. The van der Waals surface area contributed by atoms with Gasteiger partial charge in [-0.2, -0.15) is 13.2 Å². The lowest BCUT2D eigenvalue weighted by atomic mass is 10.2. The van der Waals surface area contributed by atoms with E-state index in [1.807, 2.05) is 12.1 Å². The largest absolute Gasteiger partial charge is 0.454 e. The van der Waals surface area contributed by atoms with E-state index in [1.165, 1.54) is 23.9 Å². The van der Waals surface area contributed by atoms with E-state index >= 15 is 0 Å². The second kappa shape index (κ2) is 7.26. The van der Waals surface area contributed by atoms with Crippen LogP contribution in [0.1, 0.15) is 11.1 Å². The third-order valence-corrected chi connectivity index (χ3v) is 4.42. The molecule has 25 heavy (non-hydrogen) atoms. The van der Waals surface area contributed by atoms with Crippen molar-refractivity contribution in [2.75, 3.05) is 17.9 Å². The van der Waals surface area contributed by atoms with Crippen LogP contribution in [0, 0.1) is 0 Å². The first-order valence-electron chi connectivity index (χ1n) is 7.35. The van der Waals surface area contributed by atoms with Gasteiger partial charge >= 0.3 is 6.18 Å². The normalized spacial score (nSPS) is 12.9. The van der Waals surface area contributed by atoms with Crippen molar-refractivity contribution in [3.63, 3.8) is 0 Å². The summed E-state index contributed by atoms with van der Waals surface area (Å²) in [6.07, 6.45) is -4.44. The molecule has 0 spiro atoms. The summed E-state index contributed by atoms with van der Waals surface area (Å²) in [6, 6.07) is 10.1. The summed E-state index contributed by atoms with van der Waals surface area (Å²) >= 11 is 1.36. The fourth-order valence-corrected chi connectivity index (χ4v) is 3.04. The highest BCUT2D eigenvalue weighted by Crippen LogP contribution is 2.33. The van der Waals surface area contributed by atoms with E-state index < -0.39 is 11.7 Å². The summed E-state index contributed by atoms with van der Waals surface area (Å²) in [5.41, 5.74) is 0.308. The van der Waals surface area contributed by atoms with Crippen LogP contribution in [-0.4, -0.2) is 18.5 Å². The molecule has 1 aliphatic heterocycles. The van der Waals surface area contributed by atoms with Crippen molar-refractivity contribution in [1.29, 1.82) is 0 Å². The molecule has 8 heteroatoms. The molecule has 132 valence electrons. The van der Waals surface area contributed by atoms with Crippen LogP contribution in [0.5, 0.6) is 11.5 Å². The lowest BCUT2D eigenvalue weighted by molar-refractivity contribution is -0.137. The highest BCUT2D eigenvalue weighted by molar-refractivity contribution is 7.99. The van der Waals surface area contributed by atoms with Gasteiger partial charge in [-0.15, -0.1) is 11.8 Å². The van der Waals surface area contributed by atoms with Gasteiger partial charge in [-0.3, -0.25) is 4.79 Å². The van der Waals surface area contributed by atoms with Crippen LogP contribution in [0.15, 0.2) is 42.5 Å². The molecule has 0 saturated heterocycles. The molecule has 1 amide bonds. The molecule has 0 aliphatic carbocycles. The second-order valence-corrected chi connectivity index (χ2v) is 6.29. The lowest BCUT2D eigenvalue weighted by Crippen LogP contribution is -2.15. The standard InChI is InChI=1S/C17H14F3NO3S/c18-17(19,20)12-2-1-3-13(7-12)21-16(22)9-25-8-11-4-5-14-15(6-11)24-10-23-14/h1-7H,8-10H2,(H,21,22). The van der Waals surface area contributed by atoms with Gasteiger partial charge in [0.05, 0.1) is 11.3 Å². The molecule has 0 atom stereocenters.